The second kappa shape index (κ2) is 7.33. The van der Waals surface area contributed by atoms with Crippen LogP contribution in [0, 0.1) is 0 Å². The predicted molar refractivity (Wildman–Crippen MR) is 101 cm³/mol. The number of nitrogens with one attached hydrogen (secondary N) is 2. The minimum absolute atomic E-state index is 0.0104. The fourth-order valence-corrected chi connectivity index (χ4v) is 3.95. The van der Waals surface area contributed by atoms with E-state index in [-0.39, 0.29) is 22.9 Å². The number of aromatic carboxylic acids is 1. The first-order valence-corrected chi connectivity index (χ1v) is 9.31. The van der Waals surface area contributed by atoms with Crippen LogP contribution in [0.4, 0.5) is 10.5 Å². The number of amides is 3. The largest absolute Gasteiger partial charge is 0.477 e. The van der Waals surface area contributed by atoms with E-state index in [0.29, 0.717) is 18.7 Å². The average Bonchev–Trinajstić information content (AvgIpc) is 3.20. The molecule has 1 atom stereocenters. The van der Waals surface area contributed by atoms with Crippen LogP contribution in [0.5, 0.6) is 0 Å². The Hall–Kier alpha value is -2.61. The number of rotatable bonds is 4. The zero-order chi connectivity index (χ0) is 18.8. The number of benzene rings is 1. The summed E-state index contributed by atoms with van der Waals surface area (Å²) in [7, 11) is 0. The molecule has 7 nitrogen and oxygen atoms in total. The van der Waals surface area contributed by atoms with Crippen molar-refractivity contribution in [1.82, 2.24) is 10.2 Å². The van der Waals surface area contributed by atoms with Crippen LogP contribution < -0.4 is 10.6 Å². The van der Waals surface area contributed by atoms with Gasteiger partial charge in [-0.25, -0.2) is 9.59 Å². The summed E-state index contributed by atoms with van der Waals surface area (Å²) in [5, 5.41) is 15.5. The van der Waals surface area contributed by atoms with Crippen LogP contribution in [0.3, 0.4) is 0 Å². The van der Waals surface area contributed by atoms with Gasteiger partial charge in [0.05, 0.1) is 0 Å². The molecule has 26 heavy (non-hydrogen) atoms. The van der Waals surface area contributed by atoms with E-state index in [1.165, 1.54) is 11.3 Å². The van der Waals surface area contributed by atoms with Gasteiger partial charge in [0, 0.05) is 23.0 Å². The zero-order valence-corrected chi connectivity index (χ0v) is 15.4. The Morgan fingerprint density at radius 2 is 2.04 bits per heavy atom. The van der Waals surface area contributed by atoms with Gasteiger partial charge in [0.15, 0.2) is 0 Å². The Morgan fingerprint density at radius 1 is 1.27 bits per heavy atom. The highest BCUT2D eigenvalue weighted by molar-refractivity contribution is 7.20. The third kappa shape index (κ3) is 3.80. The van der Waals surface area contributed by atoms with Gasteiger partial charge < -0.3 is 20.6 Å². The molecule has 2 heterocycles. The van der Waals surface area contributed by atoms with Gasteiger partial charge in [-0.1, -0.05) is 0 Å². The van der Waals surface area contributed by atoms with Crippen LogP contribution >= 0.6 is 11.3 Å². The fraction of sp³-hybridized carbons (Fsp3) is 0.389. The van der Waals surface area contributed by atoms with E-state index in [2.05, 4.69) is 10.6 Å². The van der Waals surface area contributed by atoms with Gasteiger partial charge in [-0.15, -0.1) is 11.3 Å². The molecule has 3 rings (SSSR count). The topological polar surface area (TPSA) is 98.7 Å². The Balaban J connectivity index is 1.73. The molecule has 1 aromatic heterocycles. The van der Waals surface area contributed by atoms with Gasteiger partial charge in [-0.05, 0) is 56.3 Å². The molecule has 1 aromatic carbocycles. The van der Waals surface area contributed by atoms with Gasteiger partial charge in [0.25, 0.3) is 0 Å². The first kappa shape index (κ1) is 18.2. The molecule has 8 heteroatoms. The van der Waals surface area contributed by atoms with E-state index in [0.717, 1.165) is 16.5 Å². The van der Waals surface area contributed by atoms with Crippen LogP contribution in [0.1, 0.15) is 36.4 Å². The zero-order valence-electron chi connectivity index (χ0n) is 14.6. The second-order valence-electron chi connectivity index (χ2n) is 6.61. The van der Waals surface area contributed by atoms with E-state index >= 15 is 0 Å². The quantitative estimate of drug-likeness (QED) is 0.764. The Morgan fingerprint density at radius 3 is 2.73 bits per heavy atom. The van der Waals surface area contributed by atoms with E-state index < -0.39 is 12.0 Å². The summed E-state index contributed by atoms with van der Waals surface area (Å²) in [6.07, 6.45) is 1.41. The summed E-state index contributed by atoms with van der Waals surface area (Å²) < 4.78 is 0.846. The highest BCUT2D eigenvalue weighted by Crippen LogP contribution is 2.28. The van der Waals surface area contributed by atoms with Crippen LogP contribution in [0.2, 0.25) is 0 Å². The number of hydrogen-bond acceptors (Lipinski definition) is 4. The highest BCUT2D eigenvalue weighted by atomic mass is 32.1. The molecule has 1 aliphatic rings. The van der Waals surface area contributed by atoms with E-state index in [9.17, 15) is 14.4 Å². The maximum Gasteiger partial charge on any atom is 0.345 e. The summed E-state index contributed by atoms with van der Waals surface area (Å²) in [6, 6.07) is 6.17. The monoisotopic (exact) mass is 375 g/mol. The Bertz CT molecular complexity index is 861. The van der Waals surface area contributed by atoms with Gasteiger partial charge >= 0.3 is 12.0 Å². The number of likely N-dealkylation sites (tertiary alicyclic amines) is 1. The standard InChI is InChI=1S/C18H21N3O4S/c1-10(2)19-18(25)21-7-3-4-13(21)16(22)20-12-5-6-14-11(8-12)9-15(26-14)17(23)24/h5-6,8-10,13H,3-4,7H2,1-2H3,(H,19,25)(H,20,22)(H,23,24)/t13-/m0/s1. The summed E-state index contributed by atoms with van der Waals surface area (Å²) in [4.78, 5) is 37.8. The number of urea groups is 1. The molecular formula is C18H21N3O4S. The Labute approximate surface area is 155 Å². The summed E-state index contributed by atoms with van der Waals surface area (Å²) >= 11 is 1.19. The predicted octanol–water partition coefficient (Wildman–Crippen LogP) is 3.12. The van der Waals surface area contributed by atoms with Crippen molar-refractivity contribution in [2.75, 3.05) is 11.9 Å². The van der Waals surface area contributed by atoms with Crippen molar-refractivity contribution in [2.24, 2.45) is 0 Å². The molecule has 0 unspecified atom stereocenters. The van der Waals surface area contributed by atoms with Crippen molar-refractivity contribution in [1.29, 1.82) is 0 Å². The molecule has 138 valence electrons. The molecule has 1 aliphatic heterocycles. The number of thiophene rings is 1. The van der Waals surface area contributed by atoms with Crippen molar-refractivity contribution in [2.45, 2.75) is 38.8 Å². The molecular weight excluding hydrogens is 354 g/mol. The maximum atomic E-state index is 12.6. The van der Waals surface area contributed by atoms with Crippen LogP contribution in [-0.2, 0) is 4.79 Å². The molecule has 1 saturated heterocycles. The Kier molecular flexibility index (Phi) is 5.13. The van der Waals surface area contributed by atoms with Crippen molar-refractivity contribution >= 4 is 45.0 Å². The number of carbonyl (C=O) groups is 3. The smallest absolute Gasteiger partial charge is 0.345 e. The minimum atomic E-state index is -0.963. The second-order valence-corrected chi connectivity index (χ2v) is 7.70. The fourth-order valence-electron chi connectivity index (χ4n) is 3.06. The van der Waals surface area contributed by atoms with Crippen molar-refractivity contribution in [3.8, 4) is 0 Å². The number of carboxylic acid groups (broad SMARTS) is 1. The van der Waals surface area contributed by atoms with Crippen molar-refractivity contribution in [3.63, 3.8) is 0 Å². The lowest BCUT2D eigenvalue weighted by Gasteiger charge is -2.25. The summed E-state index contributed by atoms with van der Waals surface area (Å²) in [5.41, 5.74) is 0.591. The van der Waals surface area contributed by atoms with Crippen molar-refractivity contribution < 1.29 is 19.5 Å². The molecule has 0 spiro atoms. The third-order valence-corrected chi connectivity index (χ3v) is 5.33. The lowest BCUT2D eigenvalue weighted by Crippen LogP contribution is -2.49. The first-order valence-electron chi connectivity index (χ1n) is 8.50. The first-order chi connectivity index (χ1) is 12.3. The van der Waals surface area contributed by atoms with Gasteiger partial charge in [0.1, 0.15) is 10.9 Å². The molecule has 3 amide bonds. The molecule has 0 bridgehead atoms. The van der Waals surface area contributed by atoms with Crippen molar-refractivity contribution in [3.05, 3.63) is 29.1 Å². The number of hydrogen-bond donors (Lipinski definition) is 3. The molecule has 1 fully saturated rings. The van der Waals surface area contributed by atoms with Gasteiger partial charge in [0.2, 0.25) is 5.91 Å². The molecule has 0 aliphatic carbocycles. The molecule has 0 radical (unpaired) electrons. The lowest BCUT2D eigenvalue weighted by molar-refractivity contribution is -0.119. The van der Waals surface area contributed by atoms with Gasteiger partial charge in [-0.2, -0.15) is 0 Å². The average molecular weight is 375 g/mol. The van der Waals surface area contributed by atoms with E-state index in [1.54, 1.807) is 29.2 Å². The number of anilines is 1. The normalized spacial score (nSPS) is 16.9. The SMILES string of the molecule is CC(C)NC(=O)N1CCC[C@H]1C(=O)Nc1ccc2sc(C(=O)O)cc2c1. The van der Waals surface area contributed by atoms with Crippen LogP contribution in [0.15, 0.2) is 24.3 Å². The molecule has 2 aromatic rings. The minimum Gasteiger partial charge on any atom is -0.477 e. The summed E-state index contributed by atoms with van der Waals surface area (Å²) in [6.45, 7) is 4.32. The van der Waals surface area contributed by atoms with Gasteiger partial charge in [-0.3, -0.25) is 4.79 Å². The van der Waals surface area contributed by atoms with Crippen LogP contribution in [0.25, 0.3) is 10.1 Å². The number of carbonyl (C=O) groups excluding carboxylic acids is 2. The molecule has 0 saturated carbocycles. The highest BCUT2D eigenvalue weighted by Gasteiger charge is 2.34. The van der Waals surface area contributed by atoms with E-state index in [1.807, 2.05) is 13.8 Å². The molecule has 3 N–H and O–H groups in total. The number of carboxylic acids is 1. The lowest BCUT2D eigenvalue weighted by atomic mass is 10.2. The van der Waals surface area contributed by atoms with E-state index in [4.69, 9.17) is 5.11 Å². The third-order valence-electron chi connectivity index (χ3n) is 4.22. The number of nitrogens with zero attached hydrogens (tertiary/aromatic N) is 1. The number of fused-ring (bicyclic) bond motifs is 1. The maximum absolute atomic E-state index is 12.6. The van der Waals surface area contributed by atoms with Crippen LogP contribution in [-0.4, -0.2) is 46.5 Å². The summed E-state index contributed by atoms with van der Waals surface area (Å²) in [5.74, 6) is -1.19.